The van der Waals surface area contributed by atoms with Crippen molar-refractivity contribution in [3.05, 3.63) is 0 Å². The lowest BCUT2D eigenvalue weighted by atomic mass is 9.94. The van der Waals surface area contributed by atoms with E-state index < -0.39 is 0 Å². The standard InChI is InChI=1S/C12H23N3O/c1-9-3-4-10(7-13-9)12(16)14-11-5-6-15(2)8-11/h9-11,13H,3-8H2,1-2H3,(H,14,16). The maximum atomic E-state index is 12.0. The Balaban J connectivity index is 1.75. The molecule has 3 unspecified atom stereocenters. The number of hydrogen-bond donors (Lipinski definition) is 2. The number of hydrogen-bond acceptors (Lipinski definition) is 3. The number of likely N-dealkylation sites (tertiary alicyclic amines) is 1. The fourth-order valence-electron chi connectivity index (χ4n) is 2.59. The number of piperidine rings is 1. The second kappa shape index (κ2) is 5.15. The molecular weight excluding hydrogens is 202 g/mol. The van der Waals surface area contributed by atoms with Crippen molar-refractivity contribution in [2.24, 2.45) is 5.92 Å². The van der Waals surface area contributed by atoms with E-state index in [-0.39, 0.29) is 11.8 Å². The predicted octanol–water partition coefficient (Wildman–Crippen LogP) is 0.195. The molecule has 3 atom stereocenters. The van der Waals surface area contributed by atoms with Crippen molar-refractivity contribution in [2.75, 3.05) is 26.7 Å². The summed E-state index contributed by atoms with van der Waals surface area (Å²) in [5, 5.41) is 6.55. The monoisotopic (exact) mass is 225 g/mol. The fourth-order valence-corrected chi connectivity index (χ4v) is 2.59. The van der Waals surface area contributed by atoms with Crippen LogP contribution in [0.1, 0.15) is 26.2 Å². The smallest absolute Gasteiger partial charge is 0.224 e. The molecule has 2 rings (SSSR count). The number of carbonyl (C=O) groups excluding carboxylic acids is 1. The fraction of sp³-hybridized carbons (Fsp3) is 0.917. The van der Waals surface area contributed by atoms with Crippen molar-refractivity contribution >= 4 is 5.91 Å². The van der Waals surface area contributed by atoms with Gasteiger partial charge in [-0.3, -0.25) is 4.79 Å². The Labute approximate surface area is 97.8 Å². The lowest BCUT2D eigenvalue weighted by Gasteiger charge is -2.27. The molecule has 2 N–H and O–H groups in total. The minimum Gasteiger partial charge on any atom is -0.352 e. The van der Waals surface area contributed by atoms with Gasteiger partial charge < -0.3 is 15.5 Å². The van der Waals surface area contributed by atoms with Gasteiger partial charge in [0.05, 0.1) is 5.92 Å². The van der Waals surface area contributed by atoms with Crippen LogP contribution < -0.4 is 10.6 Å². The van der Waals surface area contributed by atoms with Gasteiger partial charge in [-0.25, -0.2) is 0 Å². The van der Waals surface area contributed by atoms with Crippen LogP contribution >= 0.6 is 0 Å². The van der Waals surface area contributed by atoms with Crippen LogP contribution in [0.25, 0.3) is 0 Å². The molecule has 2 aliphatic rings. The van der Waals surface area contributed by atoms with Crippen LogP contribution in [-0.4, -0.2) is 49.6 Å². The highest BCUT2D eigenvalue weighted by Crippen LogP contribution is 2.15. The Morgan fingerprint density at radius 3 is 2.75 bits per heavy atom. The molecule has 16 heavy (non-hydrogen) atoms. The molecule has 2 saturated heterocycles. The highest BCUT2D eigenvalue weighted by atomic mass is 16.2. The van der Waals surface area contributed by atoms with E-state index in [1.165, 1.54) is 0 Å². The van der Waals surface area contributed by atoms with E-state index in [0.29, 0.717) is 12.1 Å². The molecule has 4 heteroatoms. The third-order valence-electron chi connectivity index (χ3n) is 3.77. The number of amides is 1. The summed E-state index contributed by atoms with van der Waals surface area (Å²) < 4.78 is 0. The zero-order chi connectivity index (χ0) is 11.5. The lowest BCUT2D eigenvalue weighted by Crippen LogP contribution is -2.47. The molecule has 0 aromatic heterocycles. The molecule has 4 nitrogen and oxygen atoms in total. The van der Waals surface area contributed by atoms with Crippen LogP contribution in [-0.2, 0) is 4.79 Å². The van der Waals surface area contributed by atoms with E-state index in [2.05, 4.69) is 29.5 Å². The van der Waals surface area contributed by atoms with Gasteiger partial charge in [0, 0.05) is 25.2 Å². The van der Waals surface area contributed by atoms with Gasteiger partial charge in [0.25, 0.3) is 0 Å². The van der Waals surface area contributed by atoms with E-state index in [0.717, 1.165) is 38.9 Å². The molecule has 92 valence electrons. The molecular formula is C12H23N3O. The summed E-state index contributed by atoms with van der Waals surface area (Å²) in [5.41, 5.74) is 0. The van der Waals surface area contributed by atoms with E-state index in [1.54, 1.807) is 0 Å². The molecule has 2 heterocycles. The van der Waals surface area contributed by atoms with Crippen LogP contribution in [0.5, 0.6) is 0 Å². The lowest BCUT2D eigenvalue weighted by molar-refractivity contribution is -0.126. The minimum atomic E-state index is 0.183. The highest BCUT2D eigenvalue weighted by Gasteiger charge is 2.27. The zero-order valence-corrected chi connectivity index (χ0v) is 10.3. The topological polar surface area (TPSA) is 44.4 Å². The molecule has 0 saturated carbocycles. The maximum Gasteiger partial charge on any atom is 0.224 e. The average molecular weight is 225 g/mol. The van der Waals surface area contributed by atoms with E-state index >= 15 is 0 Å². The molecule has 2 fully saturated rings. The van der Waals surface area contributed by atoms with Crippen molar-refractivity contribution < 1.29 is 4.79 Å². The zero-order valence-electron chi connectivity index (χ0n) is 10.3. The largest absolute Gasteiger partial charge is 0.352 e. The Morgan fingerprint density at radius 1 is 1.38 bits per heavy atom. The first-order chi connectivity index (χ1) is 7.65. The van der Waals surface area contributed by atoms with Gasteiger partial charge in [-0.15, -0.1) is 0 Å². The van der Waals surface area contributed by atoms with Crippen LogP contribution in [0, 0.1) is 5.92 Å². The normalized spacial score (nSPS) is 36.2. The molecule has 0 radical (unpaired) electrons. The van der Waals surface area contributed by atoms with Gasteiger partial charge in [0.1, 0.15) is 0 Å². The van der Waals surface area contributed by atoms with Gasteiger partial charge in [0.2, 0.25) is 5.91 Å². The highest BCUT2D eigenvalue weighted by molar-refractivity contribution is 5.79. The first kappa shape index (κ1) is 11.9. The Morgan fingerprint density at radius 2 is 2.19 bits per heavy atom. The molecule has 0 aromatic rings. The third-order valence-corrected chi connectivity index (χ3v) is 3.77. The first-order valence-electron chi connectivity index (χ1n) is 6.37. The molecule has 0 aliphatic carbocycles. The number of carbonyl (C=O) groups is 1. The van der Waals surface area contributed by atoms with E-state index in [4.69, 9.17) is 0 Å². The van der Waals surface area contributed by atoms with Gasteiger partial charge in [-0.2, -0.15) is 0 Å². The van der Waals surface area contributed by atoms with Crippen LogP contribution in [0.2, 0.25) is 0 Å². The number of likely N-dealkylation sites (N-methyl/N-ethyl adjacent to an activating group) is 1. The summed E-state index contributed by atoms with van der Waals surface area (Å²) in [6.07, 6.45) is 3.24. The molecule has 0 spiro atoms. The van der Waals surface area contributed by atoms with E-state index in [1.807, 2.05) is 0 Å². The molecule has 0 bridgehead atoms. The maximum absolute atomic E-state index is 12.0. The average Bonchev–Trinajstić information content (AvgIpc) is 2.65. The number of nitrogens with one attached hydrogen (secondary N) is 2. The van der Waals surface area contributed by atoms with Gasteiger partial charge in [-0.1, -0.05) is 0 Å². The Hall–Kier alpha value is -0.610. The second-order valence-corrected chi connectivity index (χ2v) is 5.34. The summed E-state index contributed by atoms with van der Waals surface area (Å²) >= 11 is 0. The summed E-state index contributed by atoms with van der Waals surface area (Å²) in [4.78, 5) is 14.3. The third kappa shape index (κ3) is 2.95. The molecule has 0 aromatic carbocycles. The van der Waals surface area contributed by atoms with Crippen LogP contribution in [0.3, 0.4) is 0 Å². The summed E-state index contributed by atoms with van der Waals surface area (Å²) in [6.45, 7) is 5.13. The quantitative estimate of drug-likeness (QED) is 0.705. The minimum absolute atomic E-state index is 0.183. The predicted molar refractivity (Wildman–Crippen MR) is 64.2 cm³/mol. The van der Waals surface area contributed by atoms with Crippen LogP contribution in [0.4, 0.5) is 0 Å². The number of nitrogens with zero attached hydrogens (tertiary/aromatic N) is 1. The summed E-state index contributed by atoms with van der Waals surface area (Å²) in [7, 11) is 2.11. The van der Waals surface area contributed by atoms with Crippen molar-refractivity contribution in [1.82, 2.24) is 15.5 Å². The van der Waals surface area contributed by atoms with Crippen molar-refractivity contribution in [3.8, 4) is 0 Å². The van der Waals surface area contributed by atoms with Gasteiger partial charge in [0.15, 0.2) is 0 Å². The van der Waals surface area contributed by atoms with Crippen molar-refractivity contribution in [3.63, 3.8) is 0 Å². The Bertz CT molecular complexity index is 249. The second-order valence-electron chi connectivity index (χ2n) is 5.34. The van der Waals surface area contributed by atoms with Crippen molar-refractivity contribution in [1.29, 1.82) is 0 Å². The molecule has 2 aliphatic heterocycles. The van der Waals surface area contributed by atoms with Crippen molar-refractivity contribution in [2.45, 2.75) is 38.3 Å². The summed E-state index contributed by atoms with van der Waals surface area (Å²) in [6, 6.07) is 0.943. The van der Waals surface area contributed by atoms with E-state index in [9.17, 15) is 4.79 Å². The summed E-state index contributed by atoms with van der Waals surface area (Å²) in [5.74, 6) is 0.432. The number of rotatable bonds is 2. The van der Waals surface area contributed by atoms with Gasteiger partial charge in [-0.05, 0) is 39.8 Å². The first-order valence-corrected chi connectivity index (χ1v) is 6.37. The van der Waals surface area contributed by atoms with Crippen LogP contribution in [0.15, 0.2) is 0 Å². The van der Waals surface area contributed by atoms with Gasteiger partial charge >= 0.3 is 0 Å². The Kier molecular flexibility index (Phi) is 3.82. The SMILES string of the molecule is CC1CCC(C(=O)NC2CCN(C)C2)CN1. The molecule has 1 amide bonds.